The smallest absolute Gasteiger partial charge is 0.320 e. The van der Waals surface area contributed by atoms with Crippen LogP contribution >= 0.6 is 0 Å². The Bertz CT molecular complexity index is 215. The molecule has 0 aromatic carbocycles. The molecule has 1 aliphatic heterocycles. The van der Waals surface area contributed by atoms with Gasteiger partial charge >= 0.3 is 5.97 Å². The van der Waals surface area contributed by atoms with E-state index in [-0.39, 0.29) is 0 Å². The highest BCUT2D eigenvalue weighted by molar-refractivity contribution is 5.72. The molecule has 0 spiro atoms. The van der Waals surface area contributed by atoms with Crippen LogP contribution in [0.3, 0.4) is 0 Å². The van der Waals surface area contributed by atoms with Crippen LogP contribution in [0.15, 0.2) is 0 Å². The van der Waals surface area contributed by atoms with E-state index in [9.17, 15) is 4.79 Å². The predicted molar refractivity (Wildman–Crippen MR) is 63.3 cm³/mol. The van der Waals surface area contributed by atoms with Crippen LogP contribution in [0.5, 0.6) is 0 Å². The molecule has 1 heterocycles. The lowest BCUT2D eigenvalue weighted by Gasteiger charge is -2.29. The molecule has 0 bridgehead atoms. The molecule has 1 saturated heterocycles. The van der Waals surface area contributed by atoms with Gasteiger partial charge in [-0.25, -0.2) is 0 Å². The second-order valence-corrected chi connectivity index (χ2v) is 4.68. The Kier molecular flexibility index (Phi) is 5.73. The molecule has 1 atom stereocenters. The first-order chi connectivity index (χ1) is 7.59. The molecule has 0 aromatic heterocycles. The van der Waals surface area contributed by atoms with Crippen LogP contribution in [0.2, 0.25) is 0 Å². The summed E-state index contributed by atoms with van der Waals surface area (Å²) >= 11 is 0. The second kappa shape index (κ2) is 6.83. The summed E-state index contributed by atoms with van der Waals surface area (Å²) in [5, 5.41) is 11.9. The van der Waals surface area contributed by atoms with Gasteiger partial charge in [0, 0.05) is 0 Å². The van der Waals surface area contributed by atoms with E-state index in [1.165, 1.54) is 25.9 Å². The molecular formula is C11H23N3O2. The third-order valence-corrected chi connectivity index (χ3v) is 3.22. The van der Waals surface area contributed by atoms with Gasteiger partial charge in [-0.1, -0.05) is 0 Å². The van der Waals surface area contributed by atoms with E-state index in [1.54, 1.807) is 0 Å². The number of carboxylic acid groups (broad SMARTS) is 1. The zero-order valence-corrected chi connectivity index (χ0v) is 9.98. The Labute approximate surface area is 97.0 Å². The molecule has 0 radical (unpaired) electrons. The number of nitrogens with one attached hydrogen (secondary N) is 1. The van der Waals surface area contributed by atoms with E-state index in [2.05, 4.69) is 17.3 Å². The van der Waals surface area contributed by atoms with Crippen molar-refractivity contribution in [2.75, 3.05) is 33.2 Å². The number of hydrogen-bond acceptors (Lipinski definition) is 4. The van der Waals surface area contributed by atoms with Crippen LogP contribution in [0.25, 0.3) is 0 Å². The van der Waals surface area contributed by atoms with Crippen molar-refractivity contribution in [2.45, 2.75) is 25.3 Å². The Morgan fingerprint density at radius 3 is 2.75 bits per heavy atom. The lowest BCUT2D eigenvalue weighted by atomic mass is 9.97. The molecule has 0 saturated carbocycles. The van der Waals surface area contributed by atoms with Gasteiger partial charge in [0.1, 0.15) is 6.04 Å². The zero-order valence-electron chi connectivity index (χ0n) is 9.98. The number of piperidine rings is 1. The average Bonchev–Trinajstić information content (AvgIpc) is 2.26. The molecular weight excluding hydrogens is 206 g/mol. The Morgan fingerprint density at radius 1 is 1.56 bits per heavy atom. The minimum Gasteiger partial charge on any atom is -0.480 e. The number of carboxylic acids is 1. The molecule has 16 heavy (non-hydrogen) atoms. The third-order valence-electron chi connectivity index (χ3n) is 3.22. The summed E-state index contributed by atoms with van der Waals surface area (Å²) in [7, 11) is 2.15. The summed E-state index contributed by atoms with van der Waals surface area (Å²) in [6.45, 7) is 4.02. The average molecular weight is 229 g/mol. The molecule has 0 aliphatic carbocycles. The Hall–Kier alpha value is -0.650. The molecule has 5 heteroatoms. The van der Waals surface area contributed by atoms with E-state index in [0.717, 1.165) is 12.5 Å². The van der Waals surface area contributed by atoms with Gasteiger partial charge in [0.15, 0.2) is 0 Å². The molecule has 1 rings (SSSR count). The first-order valence-electron chi connectivity index (χ1n) is 5.97. The van der Waals surface area contributed by atoms with Gasteiger partial charge in [-0.15, -0.1) is 0 Å². The van der Waals surface area contributed by atoms with Crippen LogP contribution < -0.4 is 11.1 Å². The summed E-state index contributed by atoms with van der Waals surface area (Å²) in [6, 6.07) is -0.731. The first-order valence-corrected chi connectivity index (χ1v) is 5.97. The third kappa shape index (κ3) is 4.92. The van der Waals surface area contributed by atoms with Gasteiger partial charge < -0.3 is 21.1 Å². The quantitative estimate of drug-likeness (QED) is 0.546. The highest BCUT2D eigenvalue weighted by Crippen LogP contribution is 2.14. The lowest BCUT2D eigenvalue weighted by molar-refractivity contribution is -0.138. The van der Waals surface area contributed by atoms with Crippen LogP contribution in [0.1, 0.15) is 19.3 Å². The van der Waals surface area contributed by atoms with Gasteiger partial charge in [-0.2, -0.15) is 0 Å². The summed E-state index contributed by atoms with van der Waals surface area (Å²) < 4.78 is 0. The Balaban J connectivity index is 2.01. The van der Waals surface area contributed by atoms with Crippen LogP contribution in [-0.2, 0) is 4.79 Å². The number of aliphatic carboxylic acids is 1. The molecule has 1 unspecified atom stereocenters. The molecule has 1 aliphatic rings. The van der Waals surface area contributed by atoms with Crippen LogP contribution in [0.4, 0.5) is 0 Å². The number of carbonyl (C=O) groups is 1. The minimum absolute atomic E-state index is 0.502. The molecule has 1 fully saturated rings. The van der Waals surface area contributed by atoms with Crippen molar-refractivity contribution < 1.29 is 9.90 Å². The molecule has 94 valence electrons. The maximum Gasteiger partial charge on any atom is 0.320 e. The summed E-state index contributed by atoms with van der Waals surface area (Å²) in [5.41, 5.74) is 5.41. The standard InChI is InChI=1S/C11H23N3O2/c1-14-6-3-9(4-7-14)8-13-5-2-10(12)11(15)16/h9-10,13H,2-8,12H2,1H3,(H,15,16). The fourth-order valence-electron chi connectivity index (χ4n) is 1.95. The van der Waals surface area contributed by atoms with E-state index < -0.39 is 12.0 Å². The fourth-order valence-corrected chi connectivity index (χ4v) is 1.95. The van der Waals surface area contributed by atoms with Crippen molar-refractivity contribution in [2.24, 2.45) is 11.7 Å². The Morgan fingerprint density at radius 2 is 2.19 bits per heavy atom. The van der Waals surface area contributed by atoms with Gasteiger partial charge in [0.05, 0.1) is 0 Å². The topological polar surface area (TPSA) is 78.6 Å². The highest BCUT2D eigenvalue weighted by Gasteiger charge is 2.16. The van der Waals surface area contributed by atoms with Crippen LogP contribution in [-0.4, -0.2) is 55.2 Å². The molecule has 0 amide bonds. The van der Waals surface area contributed by atoms with Crippen molar-refractivity contribution in [1.82, 2.24) is 10.2 Å². The van der Waals surface area contributed by atoms with E-state index >= 15 is 0 Å². The van der Waals surface area contributed by atoms with E-state index in [4.69, 9.17) is 10.8 Å². The fraction of sp³-hybridized carbons (Fsp3) is 0.909. The highest BCUT2D eigenvalue weighted by atomic mass is 16.4. The number of nitrogens with two attached hydrogens (primary N) is 1. The SMILES string of the molecule is CN1CCC(CNCCC(N)C(=O)O)CC1. The monoisotopic (exact) mass is 229 g/mol. The van der Waals surface area contributed by atoms with Gasteiger partial charge in [0.2, 0.25) is 0 Å². The largest absolute Gasteiger partial charge is 0.480 e. The number of hydrogen-bond donors (Lipinski definition) is 3. The number of nitrogens with zero attached hydrogens (tertiary/aromatic N) is 1. The van der Waals surface area contributed by atoms with Gasteiger partial charge in [0.25, 0.3) is 0 Å². The van der Waals surface area contributed by atoms with E-state index in [0.29, 0.717) is 13.0 Å². The number of likely N-dealkylation sites (tertiary alicyclic amines) is 1. The molecule has 0 aromatic rings. The van der Waals surface area contributed by atoms with Crippen LogP contribution in [0, 0.1) is 5.92 Å². The molecule has 5 nitrogen and oxygen atoms in total. The first kappa shape index (κ1) is 13.4. The predicted octanol–water partition coefficient (Wildman–Crippen LogP) is -0.280. The summed E-state index contributed by atoms with van der Waals surface area (Å²) in [4.78, 5) is 12.8. The normalized spacial score (nSPS) is 20.9. The second-order valence-electron chi connectivity index (χ2n) is 4.68. The van der Waals surface area contributed by atoms with Crippen molar-refractivity contribution in [3.8, 4) is 0 Å². The number of rotatable bonds is 6. The van der Waals surface area contributed by atoms with E-state index in [1.807, 2.05) is 0 Å². The van der Waals surface area contributed by atoms with Gasteiger partial charge in [-0.05, 0) is 58.4 Å². The van der Waals surface area contributed by atoms with Crippen molar-refractivity contribution >= 4 is 5.97 Å². The summed E-state index contributed by atoms with van der Waals surface area (Å²) in [5.74, 6) is -0.182. The van der Waals surface area contributed by atoms with Gasteiger partial charge in [-0.3, -0.25) is 4.79 Å². The minimum atomic E-state index is -0.916. The maximum atomic E-state index is 10.5. The van der Waals surface area contributed by atoms with Crippen molar-refractivity contribution in [3.05, 3.63) is 0 Å². The molecule has 4 N–H and O–H groups in total. The van der Waals surface area contributed by atoms with Crippen molar-refractivity contribution in [1.29, 1.82) is 0 Å². The zero-order chi connectivity index (χ0) is 12.0. The lowest BCUT2D eigenvalue weighted by Crippen LogP contribution is -2.37. The maximum absolute atomic E-state index is 10.5. The van der Waals surface area contributed by atoms with Crippen molar-refractivity contribution in [3.63, 3.8) is 0 Å². The summed E-state index contributed by atoms with van der Waals surface area (Å²) in [6.07, 6.45) is 2.96.